The van der Waals surface area contributed by atoms with Crippen LogP contribution in [0.4, 0.5) is 13.2 Å². The molecule has 0 bridgehead atoms. The van der Waals surface area contributed by atoms with Gasteiger partial charge in [0, 0.05) is 6.42 Å². The van der Waals surface area contributed by atoms with E-state index in [0.29, 0.717) is 0 Å². The lowest BCUT2D eigenvalue weighted by atomic mass is 10.1. The SMILES string of the molecule is CCOC(=O)C1CC(OS(=O)(=O)C(F)(F)F)=CC(C)O1. The summed E-state index contributed by atoms with van der Waals surface area (Å²) in [5, 5.41) is 0. The maximum atomic E-state index is 12.2. The van der Waals surface area contributed by atoms with Crippen molar-refractivity contribution in [3.05, 3.63) is 11.8 Å². The van der Waals surface area contributed by atoms with E-state index in [1.54, 1.807) is 6.92 Å². The highest BCUT2D eigenvalue weighted by Gasteiger charge is 2.49. The Hall–Kier alpha value is -1.29. The first-order valence-corrected chi connectivity index (χ1v) is 7.01. The summed E-state index contributed by atoms with van der Waals surface area (Å²) in [6.07, 6.45) is -1.37. The minimum Gasteiger partial charge on any atom is -0.464 e. The van der Waals surface area contributed by atoms with Crippen LogP contribution in [0.2, 0.25) is 0 Å². The molecule has 6 nitrogen and oxygen atoms in total. The molecule has 0 aromatic heterocycles. The van der Waals surface area contributed by atoms with Crippen LogP contribution in [-0.4, -0.2) is 38.7 Å². The van der Waals surface area contributed by atoms with Gasteiger partial charge in [0.15, 0.2) is 6.10 Å². The number of esters is 1. The van der Waals surface area contributed by atoms with Crippen LogP contribution >= 0.6 is 0 Å². The van der Waals surface area contributed by atoms with Gasteiger partial charge in [0.25, 0.3) is 0 Å². The molecule has 1 aliphatic heterocycles. The Kier molecular flexibility index (Phi) is 5.03. The van der Waals surface area contributed by atoms with E-state index in [-0.39, 0.29) is 6.61 Å². The van der Waals surface area contributed by atoms with Gasteiger partial charge in [-0.05, 0) is 19.9 Å². The molecular formula is C10H13F3O6S. The number of rotatable bonds is 4. The number of ether oxygens (including phenoxy) is 2. The summed E-state index contributed by atoms with van der Waals surface area (Å²) in [5.74, 6) is -1.29. The van der Waals surface area contributed by atoms with Gasteiger partial charge in [0.1, 0.15) is 5.76 Å². The molecule has 0 radical (unpaired) electrons. The van der Waals surface area contributed by atoms with Gasteiger partial charge in [-0.3, -0.25) is 0 Å². The molecule has 10 heteroatoms. The molecule has 0 aromatic rings. The Morgan fingerprint density at radius 2 is 2.10 bits per heavy atom. The first-order valence-electron chi connectivity index (χ1n) is 5.60. The molecule has 2 unspecified atom stereocenters. The fraction of sp³-hybridized carbons (Fsp3) is 0.700. The van der Waals surface area contributed by atoms with Crippen LogP contribution < -0.4 is 0 Å². The van der Waals surface area contributed by atoms with E-state index in [9.17, 15) is 26.4 Å². The number of hydrogen-bond donors (Lipinski definition) is 0. The predicted molar refractivity (Wildman–Crippen MR) is 59.7 cm³/mol. The second-order valence-electron chi connectivity index (χ2n) is 3.90. The van der Waals surface area contributed by atoms with E-state index in [4.69, 9.17) is 4.74 Å². The van der Waals surface area contributed by atoms with Crippen LogP contribution in [0.1, 0.15) is 20.3 Å². The van der Waals surface area contributed by atoms with Gasteiger partial charge < -0.3 is 13.7 Å². The van der Waals surface area contributed by atoms with E-state index in [0.717, 1.165) is 6.08 Å². The molecule has 1 aliphatic rings. The zero-order chi connectivity index (χ0) is 15.6. The molecule has 0 N–H and O–H groups in total. The van der Waals surface area contributed by atoms with E-state index in [1.165, 1.54) is 6.92 Å². The van der Waals surface area contributed by atoms with E-state index in [1.807, 2.05) is 0 Å². The van der Waals surface area contributed by atoms with Gasteiger partial charge in [0.2, 0.25) is 0 Å². The molecule has 0 saturated heterocycles. The van der Waals surface area contributed by atoms with Crippen molar-refractivity contribution in [2.24, 2.45) is 0 Å². The molecule has 20 heavy (non-hydrogen) atoms. The second kappa shape index (κ2) is 6.00. The van der Waals surface area contributed by atoms with Crippen molar-refractivity contribution < 1.29 is 40.0 Å². The number of carbonyl (C=O) groups is 1. The first-order chi connectivity index (χ1) is 9.06. The molecule has 1 heterocycles. The van der Waals surface area contributed by atoms with Crippen LogP contribution in [0.5, 0.6) is 0 Å². The molecule has 0 aromatic carbocycles. The first kappa shape index (κ1) is 16.8. The van der Waals surface area contributed by atoms with Crippen molar-refractivity contribution >= 4 is 16.1 Å². The van der Waals surface area contributed by atoms with E-state index in [2.05, 4.69) is 8.92 Å². The van der Waals surface area contributed by atoms with Crippen LogP contribution in [0, 0.1) is 0 Å². The Morgan fingerprint density at radius 3 is 2.60 bits per heavy atom. The number of hydrogen-bond acceptors (Lipinski definition) is 6. The average molecular weight is 318 g/mol. The lowest BCUT2D eigenvalue weighted by Gasteiger charge is -2.25. The summed E-state index contributed by atoms with van der Waals surface area (Å²) in [7, 11) is -5.76. The zero-order valence-corrected chi connectivity index (χ0v) is 11.5. The highest BCUT2D eigenvalue weighted by Crippen LogP contribution is 2.30. The summed E-state index contributed by atoms with van der Waals surface area (Å²) in [6, 6.07) is 0. The average Bonchev–Trinajstić information content (AvgIpc) is 2.26. The Bertz CT molecular complexity index is 496. The third-order valence-corrected chi connectivity index (χ3v) is 3.24. The third kappa shape index (κ3) is 4.10. The highest BCUT2D eigenvalue weighted by molar-refractivity contribution is 7.87. The normalized spacial score (nSPS) is 23.9. The molecule has 1 rings (SSSR count). The van der Waals surface area contributed by atoms with Crippen molar-refractivity contribution in [2.75, 3.05) is 6.61 Å². The lowest BCUT2D eigenvalue weighted by Crippen LogP contribution is -2.35. The van der Waals surface area contributed by atoms with Crippen molar-refractivity contribution in [1.82, 2.24) is 0 Å². The fourth-order valence-electron chi connectivity index (χ4n) is 1.48. The number of alkyl halides is 3. The molecule has 0 spiro atoms. The van der Waals surface area contributed by atoms with Crippen molar-refractivity contribution in [3.63, 3.8) is 0 Å². The minimum absolute atomic E-state index is 0.0633. The van der Waals surface area contributed by atoms with Gasteiger partial charge in [-0.1, -0.05) is 0 Å². The number of halogens is 3. The second-order valence-corrected chi connectivity index (χ2v) is 5.44. The van der Waals surface area contributed by atoms with Gasteiger partial charge in [-0.25, -0.2) is 4.79 Å². The van der Waals surface area contributed by atoms with Crippen LogP contribution in [0.3, 0.4) is 0 Å². The fourth-order valence-corrected chi connectivity index (χ4v) is 1.98. The third-order valence-electron chi connectivity index (χ3n) is 2.24. The van der Waals surface area contributed by atoms with Crippen molar-refractivity contribution in [1.29, 1.82) is 0 Å². The summed E-state index contributed by atoms with van der Waals surface area (Å²) >= 11 is 0. The molecule has 2 atom stereocenters. The van der Waals surface area contributed by atoms with E-state index < -0.39 is 46.0 Å². The number of carbonyl (C=O) groups excluding carboxylic acids is 1. The molecular weight excluding hydrogens is 305 g/mol. The van der Waals surface area contributed by atoms with Crippen LogP contribution in [0.25, 0.3) is 0 Å². The smallest absolute Gasteiger partial charge is 0.464 e. The van der Waals surface area contributed by atoms with Gasteiger partial charge >= 0.3 is 21.6 Å². The Morgan fingerprint density at radius 1 is 1.50 bits per heavy atom. The predicted octanol–water partition coefficient (Wildman–Crippen LogP) is 1.48. The molecule has 116 valence electrons. The standard InChI is InChI=1S/C10H13F3O6S/c1-3-17-9(14)8-5-7(4-6(2)18-8)19-20(15,16)10(11,12)13/h4,6,8H,3,5H2,1-2H3. The summed E-state index contributed by atoms with van der Waals surface area (Å²) in [5.41, 5.74) is -5.53. The maximum Gasteiger partial charge on any atom is 0.534 e. The summed E-state index contributed by atoms with van der Waals surface area (Å²) in [4.78, 5) is 11.5. The van der Waals surface area contributed by atoms with Crippen molar-refractivity contribution in [2.45, 2.75) is 38.0 Å². The summed E-state index contributed by atoms with van der Waals surface area (Å²) < 4.78 is 72.1. The summed E-state index contributed by atoms with van der Waals surface area (Å²) in [6.45, 7) is 3.04. The largest absolute Gasteiger partial charge is 0.534 e. The van der Waals surface area contributed by atoms with E-state index >= 15 is 0 Å². The van der Waals surface area contributed by atoms with Gasteiger partial charge in [0.05, 0.1) is 12.7 Å². The highest BCUT2D eigenvalue weighted by atomic mass is 32.2. The van der Waals surface area contributed by atoms with Crippen LogP contribution in [0.15, 0.2) is 11.8 Å². The maximum absolute atomic E-state index is 12.2. The van der Waals surface area contributed by atoms with Crippen LogP contribution in [-0.2, 0) is 28.6 Å². The Balaban J connectivity index is 2.84. The molecule has 0 fully saturated rings. The quantitative estimate of drug-likeness (QED) is 0.444. The Labute approximate surface area is 113 Å². The minimum atomic E-state index is -5.76. The molecule has 0 saturated carbocycles. The topological polar surface area (TPSA) is 78.9 Å². The lowest BCUT2D eigenvalue weighted by molar-refractivity contribution is -0.160. The van der Waals surface area contributed by atoms with Crippen molar-refractivity contribution in [3.8, 4) is 0 Å². The zero-order valence-electron chi connectivity index (χ0n) is 10.6. The van der Waals surface area contributed by atoms with Gasteiger partial charge in [-0.2, -0.15) is 21.6 Å². The monoisotopic (exact) mass is 318 g/mol. The molecule has 0 aliphatic carbocycles. The van der Waals surface area contributed by atoms with Gasteiger partial charge in [-0.15, -0.1) is 0 Å². The molecule has 0 amide bonds.